The minimum absolute atomic E-state index is 0.230. The van der Waals surface area contributed by atoms with Gasteiger partial charge in [0.1, 0.15) is 18.1 Å². The lowest BCUT2D eigenvalue weighted by molar-refractivity contribution is -0.139. The molecule has 0 aromatic heterocycles. The van der Waals surface area contributed by atoms with E-state index in [1.54, 1.807) is 32.0 Å². The van der Waals surface area contributed by atoms with Crippen LogP contribution in [0.4, 0.5) is 0 Å². The fourth-order valence-corrected chi connectivity index (χ4v) is 5.21. The summed E-state index contributed by atoms with van der Waals surface area (Å²) in [6.07, 6.45) is 1.53. The molecule has 3 N–H and O–H groups in total. The van der Waals surface area contributed by atoms with Gasteiger partial charge in [-0.3, -0.25) is 4.79 Å². The third kappa shape index (κ3) is 8.52. The summed E-state index contributed by atoms with van der Waals surface area (Å²) in [5.74, 6) is 0.186. The molecule has 9 nitrogen and oxygen atoms in total. The average Bonchev–Trinajstić information content (AvgIpc) is 2.96. The van der Waals surface area contributed by atoms with E-state index < -0.39 is 17.9 Å². The first-order valence-electron chi connectivity index (χ1n) is 12.9. The fourth-order valence-electron chi connectivity index (χ4n) is 4.07. The Bertz CT molecular complexity index is 1530. The van der Waals surface area contributed by atoms with Crippen molar-refractivity contribution in [2.45, 2.75) is 26.5 Å². The number of nitrogens with one attached hydrogen (secondary N) is 3. The number of halogens is 2. The fraction of sp³-hybridized carbons (Fsp3) is 0.200. The van der Waals surface area contributed by atoms with Crippen LogP contribution in [0.5, 0.6) is 11.5 Å². The largest absolute Gasteiger partial charge is 0.488 e. The second-order valence-corrected chi connectivity index (χ2v) is 11.5. The highest BCUT2D eigenvalue weighted by atomic mass is 127. The highest BCUT2D eigenvalue weighted by molar-refractivity contribution is 14.1. The van der Waals surface area contributed by atoms with Crippen LogP contribution in [0.3, 0.4) is 0 Å². The molecule has 0 spiro atoms. The molecule has 1 aliphatic heterocycles. The maximum atomic E-state index is 12.7. The van der Waals surface area contributed by atoms with Crippen LogP contribution >= 0.6 is 50.7 Å². The molecule has 1 heterocycles. The molecule has 0 radical (unpaired) electrons. The van der Waals surface area contributed by atoms with Crippen molar-refractivity contribution in [1.82, 2.24) is 16.1 Å². The number of ether oxygens (including phenoxy) is 3. The lowest BCUT2D eigenvalue weighted by atomic mass is 9.95. The normalized spacial score (nSPS) is 14.7. The molecular weight excluding hydrogens is 735 g/mol. The van der Waals surface area contributed by atoms with Crippen LogP contribution in [0.1, 0.15) is 36.6 Å². The lowest BCUT2D eigenvalue weighted by Crippen LogP contribution is -2.45. The van der Waals surface area contributed by atoms with Gasteiger partial charge < -0.3 is 24.8 Å². The molecule has 0 fully saturated rings. The van der Waals surface area contributed by atoms with Crippen LogP contribution in [-0.2, 0) is 20.9 Å². The van der Waals surface area contributed by atoms with E-state index in [9.17, 15) is 9.59 Å². The molecule has 218 valence electrons. The van der Waals surface area contributed by atoms with Gasteiger partial charge in [0, 0.05) is 14.8 Å². The molecule has 4 rings (SSSR count). The number of amides is 1. The second kappa shape index (κ2) is 15.1. The van der Waals surface area contributed by atoms with E-state index in [4.69, 9.17) is 26.4 Å². The number of hydrogen-bond acceptors (Lipinski definition) is 7. The number of carbonyl (C=O) groups excluding carboxylic acids is 2. The van der Waals surface area contributed by atoms with Crippen molar-refractivity contribution in [3.8, 4) is 11.5 Å². The van der Waals surface area contributed by atoms with E-state index in [0.29, 0.717) is 40.1 Å². The van der Waals surface area contributed by atoms with Gasteiger partial charge in [0.25, 0.3) is 5.91 Å². The summed E-state index contributed by atoms with van der Waals surface area (Å²) < 4.78 is 18.9. The number of hydrogen-bond donors (Lipinski definition) is 3. The van der Waals surface area contributed by atoms with Crippen LogP contribution in [0.2, 0.25) is 0 Å². The first kappa shape index (κ1) is 31.4. The van der Waals surface area contributed by atoms with Gasteiger partial charge in [-0.05, 0) is 112 Å². The Morgan fingerprint density at radius 3 is 2.60 bits per heavy atom. The van der Waals surface area contributed by atoms with Crippen LogP contribution in [-0.4, -0.2) is 36.4 Å². The maximum Gasteiger partial charge on any atom is 0.338 e. The molecule has 3 aromatic carbocycles. The van der Waals surface area contributed by atoms with Gasteiger partial charge >= 0.3 is 5.97 Å². The molecule has 3 aromatic rings. The zero-order valence-electron chi connectivity index (χ0n) is 22.8. The van der Waals surface area contributed by atoms with Gasteiger partial charge in [-0.15, -0.1) is 0 Å². The summed E-state index contributed by atoms with van der Waals surface area (Å²) in [6, 6.07) is 20.1. The molecule has 1 atom stereocenters. The molecule has 0 bridgehead atoms. The lowest BCUT2D eigenvalue weighted by Gasteiger charge is -2.30. The Morgan fingerprint density at radius 2 is 1.86 bits per heavy atom. The highest BCUT2D eigenvalue weighted by Gasteiger charge is 2.32. The molecule has 0 aliphatic carbocycles. The smallest absolute Gasteiger partial charge is 0.338 e. The van der Waals surface area contributed by atoms with E-state index in [-0.39, 0.29) is 13.2 Å². The zero-order chi connectivity index (χ0) is 30.1. The Kier molecular flexibility index (Phi) is 11.3. The van der Waals surface area contributed by atoms with Crippen molar-refractivity contribution >= 4 is 73.9 Å². The van der Waals surface area contributed by atoms with E-state index in [1.807, 2.05) is 48.5 Å². The van der Waals surface area contributed by atoms with Crippen LogP contribution in [0.15, 0.2) is 87.6 Å². The van der Waals surface area contributed by atoms with Gasteiger partial charge in [0.15, 0.2) is 11.7 Å². The minimum Gasteiger partial charge on any atom is -0.488 e. The van der Waals surface area contributed by atoms with Crippen LogP contribution in [0.25, 0.3) is 0 Å². The van der Waals surface area contributed by atoms with Crippen molar-refractivity contribution in [3.05, 3.63) is 103 Å². The van der Waals surface area contributed by atoms with Crippen LogP contribution < -0.4 is 25.5 Å². The number of thiocarbonyl (C=S) groups is 1. The quantitative estimate of drug-likeness (QED) is 0.0772. The van der Waals surface area contributed by atoms with Gasteiger partial charge in [-0.25, -0.2) is 10.2 Å². The summed E-state index contributed by atoms with van der Waals surface area (Å²) in [7, 11) is 0. The molecule has 1 aliphatic rings. The molecule has 42 heavy (non-hydrogen) atoms. The number of para-hydroxylation sites is 1. The Balaban J connectivity index is 1.34. The van der Waals surface area contributed by atoms with Crippen molar-refractivity contribution in [2.24, 2.45) is 5.10 Å². The summed E-state index contributed by atoms with van der Waals surface area (Å²) in [5, 5.41) is 10.5. The van der Waals surface area contributed by atoms with Crippen molar-refractivity contribution < 1.29 is 23.8 Å². The number of benzene rings is 3. The molecule has 1 amide bonds. The van der Waals surface area contributed by atoms with E-state index >= 15 is 0 Å². The number of nitrogens with zero attached hydrogens (tertiary/aromatic N) is 1. The molecule has 0 saturated carbocycles. The van der Waals surface area contributed by atoms with E-state index in [0.717, 1.165) is 15.6 Å². The minimum atomic E-state index is -0.614. The summed E-state index contributed by atoms with van der Waals surface area (Å²) in [6.45, 7) is 3.88. The summed E-state index contributed by atoms with van der Waals surface area (Å²) in [5.41, 5.74) is 5.90. The second-order valence-electron chi connectivity index (χ2n) is 9.02. The third-order valence-corrected chi connectivity index (χ3v) is 7.58. The SMILES string of the molecule is CCOC(=O)C1=C(C)NC(=S)N[C@@H]1c1ccccc1OCC(=O)NN=Cc1ccc(OCc2ccc(I)cc2)c(Br)c1. The van der Waals surface area contributed by atoms with Crippen molar-refractivity contribution in [3.63, 3.8) is 0 Å². The molecule has 12 heteroatoms. The zero-order valence-corrected chi connectivity index (χ0v) is 27.3. The number of hydrazone groups is 1. The summed E-state index contributed by atoms with van der Waals surface area (Å²) in [4.78, 5) is 25.2. The van der Waals surface area contributed by atoms with E-state index in [1.165, 1.54) is 9.78 Å². The maximum absolute atomic E-state index is 12.7. The number of allylic oxidation sites excluding steroid dienone is 1. The Labute approximate surface area is 271 Å². The monoisotopic (exact) mass is 762 g/mol. The van der Waals surface area contributed by atoms with Crippen molar-refractivity contribution in [2.75, 3.05) is 13.2 Å². The van der Waals surface area contributed by atoms with E-state index in [2.05, 4.69) is 59.7 Å². The number of carbonyl (C=O) groups is 2. The standard InChI is InChI=1S/C30H28BrIN4O5S/c1-3-39-29(38)27-18(2)34-30(42)35-28(27)22-6-4-5-7-24(22)41-17-26(37)36-33-15-20-10-13-25(23(31)14-20)40-16-19-8-11-21(32)12-9-19/h4-15,28H,3,16-17H2,1-2H3,(H,36,37)(H2,34,35,42)/t28-/m1/s1. The topological polar surface area (TPSA) is 110 Å². The highest BCUT2D eigenvalue weighted by Crippen LogP contribution is 2.33. The number of esters is 1. The first-order valence-corrected chi connectivity index (χ1v) is 15.2. The molecule has 0 saturated heterocycles. The Hall–Kier alpha value is -3.49. The number of rotatable bonds is 11. The predicted molar refractivity (Wildman–Crippen MR) is 176 cm³/mol. The molecular formula is C30H28BrIN4O5S. The average molecular weight is 763 g/mol. The molecule has 0 unspecified atom stereocenters. The van der Waals surface area contributed by atoms with Crippen molar-refractivity contribution in [1.29, 1.82) is 0 Å². The van der Waals surface area contributed by atoms with Crippen LogP contribution in [0, 0.1) is 3.57 Å². The predicted octanol–water partition coefficient (Wildman–Crippen LogP) is 5.52. The third-order valence-electron chi connectivity index (χ3n) is 6.02. The van der Waals surface area contributed by atoms with Gasteiger partial charge in [0.2, 0.25) is 0 Å². The Morgan fingerprint density at radius 1 is 1.10 bits per heavy atom. The van der Waals surface area contributed by atoms with Gasteiger partial charge in [-0.1, -0.05) is 30.3 Å². The van der Waals surface area contributed by atoms with Gasteiger partial charge in [0.05, 0.1) is 28.9 Å². The summed E-state index contributed by atoms with van der Waals surface area (Å²) >= 11 is 11.1. The first-order chi connectivity index (χ1) is 20.2. The van der Waals surface area contributed by atoms with Gasteiger partial charge in [-0.2, -0.15) is 5.10 Å².